The van der Waals surface area contributed by atoms with Crippen molar-refractivity contribution in [3.05, 3.63) is 41.6 Å². The second-order valence-corrected chi connectivity index (χ2v) is 7.33. The van der Waals surface area contributed by atoms with Crippen LogP contribution in [0, 0.1) is 0 Å². The number of nitrogens with zero attached hydrogens (tertiary/aromatic N) is 3. The SMILES string of the molecule is Cn1cc(Cl)cc1-c1nc(-c2ccc(S(C)(=O)=O)cc2)no1. The molecular weight excluding hydrogens is 326 g/mol. The lowest BCUT2D eigenvalue weighted by molar-refractivity contribution is 0.429. The molecule has 0 spiro atoms. The number of rotatable bonds is 3. The first kappa shape index (κ1) is 14.8. The summed E-state index contributed by atoms with van der Waals surface area (Å²) < 4.78 is 29.9. The summed E-state index contributed by atoms with van der Waals surface area (Å²) in [6.45, 7) is 0. The van der Waals surface area contributed by atoms with Crippen LogP contribution in [0.15, 0.2) is 45.9 Å². The molecule has 3 rings (SSSR count). The molecule has 2 heterocycles. The molecule has 0 radical (unpaired) electrons. The van der Waals surface area contributed by atoms with Crippen molar-refractivity contribution in [1.29, 1.82) is 0 Å². The topological polar surface area (TPSA) is 78.0 Å². The molecule has 0 aliphatic rings. The molecule has 0 atom stereocenters. The van der Waals surface area contributed by atoms with Crippen LogP contribution < -0.4 is 0 Å². The highest BCUT2D eigenvalue weighted by Crippen LogP contribution is 2.25. The smallest absolute Gasteiger partial charge is 0.274 e. The second-order valence-electron chi connectivity index (χ2n) is 4.87. The van der Waals surface area contributed by atoms with E-state index in [0.29, 0.717) is 28.0 Å². The summed E-state index contributed by atoms with van der Waals surface area (Å²) >= 11 is 5.93. The van der Waals surface area contributed by atoms with E-state index in [1.54, 1.807) is 29.0 Å². The van der Waals surface area contributed by atoms with Gasteiger partial charge in [-0.15, -0.1) is 0 Å². The summed E-state index contributed by atoms with van der Waals surface area (Å²) in [4.78, 5) is 4.55. The highest BCUT2D eigenvalue weighted by Gasteiger charge is 2.15. The average molecular weight is 338 g/mol. The highest BCUT2D eigenvalue weighted by molar-refractivity contribution is 7.90. The van der Waals surface area contributed by atoms with Crippen LogP contribution in [0.1, 0.15) is 0 Å². The third-order valence-corrected chi connectivity index (χ3v) is 4.49. The van der Waals surface area contributed by atoms with E-state index >= 15 is 0 Å². The van der Waals surface area contributed by atoms with Gasteiger partial charge in [-0.1, -0.05) is 16.8 Å². The molecule has 0 N–H and O–H groups in total. The lowest BCUT2D eigenvalue weighted by Crippen LogP contribution is -1.96. The molecule has 0 bridgehead atoms. The van der Waals surface area contributed by atoms with Gasteiger partial charge in [-0.05, 0) is 30.3 Å². The molecule has 6 nitrogen and oxygen atoms in total. The van der Waals surface area contributed by atoms with Crippen LogP contribution >= 0.6 is 11.6 Å². The Bertz CT molecular complexity index is 927. The number of hydrogen-bond donors (Lipinski definition) is 0. The minimum Gasteiger partial charge on any atom is -0.345 e. The number of hydrogen-bond acceptors (Lipinski definition) is 5. The zero-order valence-electron chi connectivity index (χ0n) is 11.8. The van der Waals surface area contributed by atoms with Crippen molar-refractivity contribution in [3.8, 4) is 23.0 Å². The maximum absolute atomic E-state index is 11.4. The van der Waals surface area contributed by atoms with E-state index < -0.39 is 9.84 Å². The Labute approximate surface area is 132 Å². The van der Waals surface area contributed by atoms with Crippen LogP contribution in [0.3, 0.4) is 0 Å². The molecule has 0 unspecified atom stereocenters. The van der Waals surface area contributed by atoms with Gasteiger partial charge < -0.3 is 9.09 Å². The summed E-state index contributed by atoms with van der Waals surface area (Å²) in [6.07, 6.45) is 2.90. The summed E-state index contributed by atoms with van der Waals surface area (Å²) in [5, 5.41) is 4.49. The van der Waals surface area contributed by atoms with Crippen LogP contribution in [0.2, 0.25) is 5.02 Å². The van der Waals surface area contributed by atoms with E-state index in [-0.39, 0.29) is 4.90 Å². The molecule has 3 aromatic rings. The lowest BCUT2D eigenvalue weighted by Gasteiger charge is -1.98. The largest absolute Gasteiger partial charge is 0.345 e. The molecule has 0 aliphatic heterocycles. The van der Waals surface area contributed by atoms with E-state index in [2.05, 4.69) is 10.1 Å². The first-order valence-corrected chi connectivity index (χ1v) is 8.58. The van der Waals surface area contributed by atoms with Gasteiger partial charge in [-0.25, -0.2) is 8.42 Å². The third kappa shape index (κ3) is 2.77. The van der Waals surface area contributed by atoms with Crippen LogP contribution in [0.25, 0.3) is 23.0 Å². The first-order valence-electron chi connectivity index (χ1n) is 6.31. The molecule has 8 heteroatoms. The zero-order chi connectivity index (χ0) is 15.9. The monoisotopic (exact) mass is 337 g/mol. The predicted octanol–water partition coefficient (Wildman–Crippen LogP) is 2.80. The number of aromatic nitrogens is 3. The maximum atomic E-state index is 11.4. The Balaban J connectivity index is 1.96. The summed E-state index contributed by atoms with van der Waals surface area (Å²) in [5.74, 6) is 0.726. The fourth-order valence-electron chi connectivity index (χ4n) is 2.03. The Morgan fingerprint density at radius 1 is 1.23 bits per heavy atom. The van der Waals surface area contributed by atoms with Crippen LogP contribution in [0.4, 0.5) is 0 Å². The van der Waals surface area contributed by atoms with Crippen molar-refractivity contribution >= 4 is 21.4 Å². The van der Waals surface area contributed by atoms with Crippen molar-refractivity contribution in [3.63, 3.8) is 0 Å². The zero-order valence-corrected chi connectivity index (χ0v) is 13.4. The molecule has 22 heavy (non-hydrogen) atoms. The lowest BCUT2D eigenvalue weighted by atomic mass is 10.2. The highest BCUT2D eigenvalue weighted by atomic mass is 35.5. The molecule has 2 aromatic heterocycles. The van der Waals surface area contributed by atoms with Gasteiger partial charge in [0.15, 0.2) is 9.84 Å². The maximum Gasteiger partial charge on any atom is 0.274 e. The van der Waals surface area contributed by atoms with Gasteiger partial charge in [0, 0.05) is 25.1 Å². The van der Waals surface area contributed by atoms with Crippen LogP contribution in [0.5, 0.6) is 0 Å². The molecule has 0 amide bonds. The van der Waals surface area contributed by atoms with Crippen molar-refractivity contribution in [1.82, 2.24) is 14.7 Å². The molecule has 0 saturated carbocycles. The Kier molecular flexibility index (Phi) is 3.54. The van der Waals surface area contributed by atoms with Crippen molar-refractivity contribution < 1.29 is 12.9 Å². The molecular formula is C14H12ClN3O3S. The molecule has 0 aliphatic carbocycles. The minimum atomic E-state index is -3.22. The molecule has 114 valence electrons. The van der Waals surface area contributed by atoms with Crippen molar-refractivity contribution in [2.45, 2.75) is 4.90 Å². The van der Waals surface area contributed by atoms with E-state index in [1.807, 2.05) is 7.05 Å². The van der Waals surface area contributed by atoms with Gasteiger partial charge in [0.05, 0.1) is 9.92 Å². The predicted molar refractivity (Wildman–Crippen MR) is 82.3 cm³/mol. The van der Waals surface area contributed by atoms with E-state index in [9.17, 15) is 8.42 Å². The third-order valence-electron chi connectivity index (χ3n) is 3.16. The fraction of sp³-hybridized carbons (Fsp3) is 0.143. The van der Waals surface area contributed by atoms with Gasteiger partial charge in [0.25, 0.3) is 5.89 Å². The van der Waals surface area contributed by atoms with E-state index in [0.717, 1.165) is 6.26 Å². The summed E-state index contributed by atoms with van der Waals surface area (Å²) in [5.41, 5.74) is 1.37. The molecule has 1 aromatic carbocycles. The number of benzene rings is 1. The van der Waals surface area contributed by atoms with Gasteiger partial charge >= 0.3 is 0 Å². The normalized spacial score (nSPS) is 11.8. The van der Waals surface area contributed by atoms with E-state index in [1.165, 1.54) is 12.1 Å². The first-order chi connectivity index (χ1) is 10.3. The summed E-state index contributed by atoms with van der Waals surface area (Å²) in [7, 11) is -1.40. The standard InChI is InChI=1S/C14H12ClN3O3S/c1-18-8-10(15)7-12(18)14-16-13(17-21-14)9-3-5-11(6-4-9)22(2,19)20/h3-8H,1-2H3. The summed E-state index contributed by atoms with van der Waals surface area (Å²) in [6, 6.07) is 8.04. The second kappa shape index (κ2) is 5.26. The van der Waals surface area contributed by atoms with E-state index in [4.69, 9.17) is 16.1 Å². The molecule has 0 fully saturated rings. The van der Waals surface area contributed by atoms with Gasteiger partial charge in [-0.3, -0.25) is 0 Å². The van der Waals surface area contributed by atoms with Gasteiger partial charge in [0.2, 0.25) is 5.82 Å². The van der Waals surface area contributed by atoms with Gasteiger partial charge in [0.1, 0.15) is 5.69 Å². The average Bonchev–Trinajstić information content (AvgIpc) is 3.04. The number of halogens is 1. The Morgan fingerprint density at radius 3 is 2.45 bits per heavy atom. The van der Waals surface area contributed by atoms with Crippen molar-refractivity contribution in [2.75, 3.05) is 6.26 Å². The quantitative estimate of drug-likeness (QED) is 0.734. The number of aryl methyl sites for hydroxylation is 1. The fourth-order valence-corrected chi connectivity index (χ4v) is 2.91. The Hall–Kier alpha value is -2.12. The van der Waals surface area contributed by atoms with Crippen LogP contribution in [-0.4, -0.2) is 29.4 Å². The number of sulfone groups is 1. The molecule has 0 saturated heterocycles. The van der Waals surface area contributed by atoms with Crippen molar-refractivity contribution in [2.24, 2.45) is 7.05 Å². The van der Waals surface area contributed by atoms with Crippen LogP contribution in [-0.2, 0) is 16.9 Å². The minimum absolute atomic E-state index is 0.245. The van der Waals surface area contributed by atoms with Gasteiger partial charge in [-0.2, -0.15) is 4.98 Å². The Morgan fingerprint density at radius 2 is 1.91 bits per heavy atom.